The third-order valence-corrected chi connectivity index (χ3v) is 4.51. The minimum absolute atomic E-state index is 0.0970. The average Bonchev–Trinajstić information content (AvgIpc) is 3.25. The third kappa shape index (κ3) is 3.99. The number of nitrogens with zero attached hydrogens (tertiary/aromatic N) is 3. The second-order valence-electron chi connectivity index (χ2n) is 6.02. The van der Waals surface area contributed by atoms with Gasteiger partial charge in [-0.15, -0.1) is 0 Å². The first-order valence-electron chi connectivity index (χ1n) is 8.36. The standard InChI is InChI=1S/C18H24N4O/c1-2-21-11-3-5-17(21)14-19-18(23)13-15-6-8-16(9-7-15)22-12-4-10-20-22/h4,6-10,12,17H,2-3,5,11,13-14H2,1H3,(H,19,23). The molecule has 1 amide bonds. The molecule has 0 bridgehead atoms. The molecule has 0 aliphatic carbocycles. The lowest BCUT2D eigenvalue weighted by atomic mass is 10.1. The lowest BCUT2D eigenvalue weighted by Crippen LogP contribution is -2.40. The van der Waals surface area contributed by atoms with Crippen molar-refractivity contribution in [1.82, 2.24) is 20.0 Å². The Morgan fingerprint density at radius 2 is 2.17 bits per heavy atom. The molecule has 1 aromatic carbocycles. The predicted octanol–water partition coefficient (Wildman–Crippen LogP) is 2.02. The van der Waals surface area contributed by atoms with Crippen LogP contribution in [0.25, 0.3) is 5.69 Å². The van der Waals surface area contributed by atoms with Crippen molar-refractivity contribution in [3.8, 4) is 5.69 Å². The molecule has 1 fully saturated rings. The second kappa shape index (κ2) is 7.42. The van der Waals surface area contributed by atoms with E-state index in [0.29, 0.717) is 12.5 Å². The van der Waals surface area contributed by atoms with Crippen LogP contribution in [0.4, 0.5) is 0 Å². The van der Waals surface area contributed by atoms with Crippen LogP contribution in [0.5, 0.6) is 0 Å². The summed E-state index contributed by atoms with van der Waals surface area (Å²) < 4.78 is 1.81. The summed E-state index contributed by atoms with van der Waals surface area (Å²) in [5.41, 5.74) is 2.03. The van der Waals surface area contributed by atoms with Crippen molar-refractivity contribution in [2.75, 3.05) is 19.6 Å². The molecular formula is C18H24N4O. The molecular weight excluding hydrogens is 288 g/mol. The van der Waals surface area contributed by atoms with Crippen LogP contribution in [0.15, 0.2) is 42.7 Å². The number of hydrogen-bond donors (Lipinski definition) is 1. The minimum atomic E-state index is 0.0970. The molecule has 1 aliphatic heterocycles. The van der Waals surface area contributed by atoms with E-state index in [4.69, 9.17) is 0 Å². The lowest BCUT2D eigenvalue weighted by Gasteiger charge is -2.22. The molecule has 0 spiro atoms. The molecule has 1 aliphatic rings. The van der Waals surface area contributed by atoms with Gasteiger partial charge in [-0.2, -0.15) is 5.10 Å². The van der Waals surface area contributed by atoms with Crippen LogP contribution in [0.3, 0.4) is 0 Å². The van der Waals surface area contributed by atoms with Gasteiger partial charge < -0.3 is 5.32 Å². The highest BCUT2D eigenvalue weighted by atomic mass is 16.1. The van der Waals surface area contributed by atoms with Gasteiger partial charge in [-0.25, -0.2) is 4.68 Å². The van der Waals surface area contributed by atoms with Crippen molar-refractivity contribution in [3.05, 3.63) is 48.3 Å². The Labute approximate surface area is 137 Å². The van der Waals surface area contributed by atoms with Gasteiger partial charge in [-0.05, 0) is 49.7 Å². The molecule has 5 nitrogen and oxygen atoms in total. The quantitative estimate of drug-likeness (QED) is 0.888. The molecule has 3 rings (SSSR count). The van der Waals surface area contributed by atoms with Crippen LogP contribution in [-0.2, 0) is 11.2 Å². The minimum Gasteiger partial charge on any atom is -0.354 e. The summed E-state index contributed by atoms with van der Waals surface area (Å²) in [6.07, 6.45) is 6.51. The van der Waals surface area contributed by atoms with Crippen LogP contribution in [0, 0.1) is 0 Å². The van der Waals surface area contributed by atoms with Crippen molar-refractivity contribution in [2.24, 2.45) is 0 Å². The Kier molecular flexibility index (Phi) is 5.08. The van der Waals surface area contributed by atoms with Crippen LogP contribution in [0.1, 0.15) is 25.3 Å². The number of carbonyl (C=O) groups is 1. The SMILES string of the molecule is CCN1CCCC1CNC(=O)Cc1ccc(-n2cccn2)cc1. The van der Waals surface area contributed by atoms with Crippen molar-refractivity contribution in [1.29, 1.82) is 0 Å². The van der Waals surface area contributed by atoms with Gasteiger partial charge in [0.1, 0.15) is 0 Å². The molecule has 1 aromatic heterocycles. The molecule has 1 saturated heterocycles. The summed E-state index contributed by atoms with van der Waals surface area (Å²) in [6, 6.07) is 10.4. The van der Waals surface area contributed by atoms with E-state index >= 15 is 0 Å². The zero-order valence-corrected chi connectivity index (χ0v) is 13.6. The predicted molar refractivity (Wildman–Crippen MR) is 90.5 cm³/mol. The Morgan fingerprint density at radius 1 is 1.35 bits per heavy atom. The zero-order chi connectivity index (χ0) is 16.1. The van der Waals surface area contributed by atoms with E-state index in [-0.39, 0.29) is 5.91 Å². The molecule has 23 heavy (non-hydrogen) atoms. The van der Waals surface area contributed by atoms with Crippen LogP contribution >= 0.6 is 0 Å². The highest BCUT2D eigenvalue weighted by molar-refractivity contribution is 5.78. The van der Waals surface area contributed by atoms with E-state index in [9.17, 15) is 4.79 Å². The average molecular weight is 312 g/mol. The number of rotatable bonds is 6. The summed E-state index contributed by atoms with van der Waals surface area (Å²) in [7, 11) is 0. The fourth-order valence-corrected chi connectivity index (χ4v) is 3.21. The number of aromatic nitrogens is 2. The van der Waals surface area contributed by atoms with Crippen molar-refractivity contribution >= 4 is 5.91 Å². The van der Waals surface area contributed by atoms with Crippen molar-refractivity contribution in [2.45, 2.75) is 32.2 Å². The van der Waals surface area contributed by atoms with Gasteiger partial charge in [0.15, 0.2) is 0 Å². The first-order valence-corrected chi connectivity index (χ1v) is 8.36. The monoisotopic (exact) mass is 312 g/mol. The number of carbonyl (C=O) groups excluding carboxylic acids is 1. The third-order valence-electron chi connectivity index (χ3n) is 4.51. The highest BCUT2D eigenvalue weighted by Gasteiger charge is 2.22. The van der Waals surface area contributed by atoms with Gasteiger partial charge >= 0.3 is 0 Å². The van der Waals surface area contributed by atoms with Crippen LogP contribution in [-0.4, -0.2) is 46.3 Å². The van der Waals surface area contributed by atoms with Gasteiger partial charge in [0, 0.05) is 25.0 Å². The maximum absolute atomic E-state index is 12.1. The fourth-order valence-electron chi connectivity index (χ4n) is 3.21. The summed E-state index contributed by atoms with van der Waals surface area (Å²) in [6.45, 7) is 5.17. The molecule has 1 N–H and O–H groups in total. The van der Waals surface area contributed by atoms with E-state index in [2.05, 4.69) is 22.2 Å². The molecule has 0 saturated carbocycles. The first kappa shape index (κ1) is 15.7. The van der Waals surface area contributed by atoms with E-state index in [1.165, 1.54) is 12.8 Å². The normalized spacial score (nSPS) is 18.2. The van der Waals surface area contributed by atoms with Gasteiger partial charge in [0.05, 0.1) is 12.1 Å². The first-order chi connectivity index (χ1) is 11.3. The number of hydrogen-bond acceptors (Lipinski definition) is 3. The summed E-state index contributed by atoms with van der Waals surface area (Å²) in [5.74, 6) is 0.0970. The maximum Gasteiger partial charge on any atom is 0.224 e. The Balaban J connectivity index is 1.50. The summed E-state index contributed by atoms with van der Waals surface area (Å²) >= 11 is 0. The second-order valence-corrected chi connectivity index (χ2v) is 6.02. The van der Waals surface area contributed by atoms with E-state index in [1.807, 2.05) is 41.2 Å². The van der Waals surface area contributed by atoms with Gasteiger partial charge in [0.25, 0.3) is 0 Å². The van der Waals surface area contributed by atoms with Crippen LogP contribution in [0.2, 0.25) is 0 Å². The number of likely N-dealkylation sites (N-methyl/N-ethyl adjacent to an activating group) is 1. The molecule has 1 unspecified atom stereocenters. The van der Waals surface area contributed by atoms with Gasteiger partial charge in [-0.3, -0.25) is 9.69 Å². The largest absolute Gasteiger partial charge is 0.354 e. The zero-order valence-electron chi connectivity index (χ0n) is 13.6. The smallest absolute Gasteiger partial charge is 0.224 e. The van der Waals surface area contributed by atoms with Gasteiger partial charge in [0.2, 0.25) is 5.91 Å². The lowest BCUT2D eigenvalue weighted by molar-refractivity contribution is -0.120. The summed E-state index contributed by atoms with van der Waals surface area (Å²) in [4.78, 5) is 14.6. The molecule has 5 heteroatoms. The highest BCUT2D eigenvalue weighted by Crippen LogP contribution is 2.15. The number of benzene rings is 1. The topological polar surface area (TPSA) is 50.2 Å². The molecule has 0 radical (unpaired) electrons. The van der Waals surface area contributed by atoms with Crippen LogP contribution < -0.4 is 5.32 Å². The Hall–Kier alpha value is -2.14. The van der Waals surface area contributed by atoms with E-state index in [0.717, 1.165) is 30.9 Å². The Bertz CT molecular complexity index is 621. The van der Waals surface area contributed by atoms with E-state index < -0.39 is 0 Å². The number of amides is 1. The summed E-state index contributed by atoms with van der Waals surface area (Å²) in [5, 5.41) is 7.28. The molecule has 2 aromatic rings. The van der Waals surface area contributed by atoms with Crippen molar-refractivity contribution < 1.29 is 4.79 Å². The number of nitrogens with one attached hydrogen (secondary N) is 1. The van der Waals surface area contributed by atoms with Crippen molar-refractivity contribution in [3.63, 3.8) is 0 Å². The van der Waals surface area contributed by atoms with Gasteiger partial charge in [-0.1, -0.05) is 19.1 Å². The van der Waals surface area contributed by atoms with E-state index in [1.54, 1.807) is 6.20 Å². The fraction of sp³-hybridized carbons (Fsp3) is 0.444. The maximum atomic E-state index is 12.1. The Morgan fingerprint density at radius 3 is 2.87 bits per heavy atom. The molecule has 2 heterocycles. The number of likely N-dealkylation sites (tertiary alicyclic amines) is 1. The molecule has 122 valence electrons. The molecule has 1 atom stereocenters.